The summed E-state index contributed by atoms with van der Waals surface area (Å²) in [6.07, 6.45) is 2.95. The fourth-order valence-electron chi connectivity index (χ4n) is 5.10. The maximum Gasteiger partial charge on any atom is 0.231 e. The first-order valence-electron chi connectivity index (χ1n) is 11.5. The molecule has 2 aromatic carbocycles. The van der Waals surface area contributed by atoms with Gasteiger partial charge in [-0.05, 0) is 54.5 Å². The molecule has 172 valence electrons. The predicted octanol–water partition coefficient (Wildman–Crippen LogP) is 5.26. The van der Waals surface area contributed by atoms with E-state index in [4.69, 9.17) is 9.47 Å². The lowest BCUT2D eigenvalue weighted by Crippen LogP contribution is -2.40. The highest BCUT2D eigenvalue weighted by Gasteiger charge is 2.46. The first-order valence-corrected chi connectivity index (χ1v) is 11.5. The average Bonchev–Trinajstić information content (AvgIpc) is 3.63. The van der Waals surface area contributed by atoms with Gasteiger partial charge in [0.15, 0.2) is 17.3 Å². The molecule has 0 aromatic heterocycles. The van der Waals surface area contributed by atoms with Gasteiger partial charge in [0.05, 0.1) is 31.6 Å². The van der Waals surface area contributed by atoms with E-state index < -0.39 is 6.04 Å². The molecule has 2 aromatic rings. The van der Waals surface area contributed by atoms with Crippen LogP contribution in [0.15, 0.2) is 53.7 Å². The summed E-state index contributed by atoms with van der Waals surface area (Å²) in [6, 6.07) is 13.0. The Morgan fingerprint density at radius 3 is 2.45 bits per heavy atom. The summed E-state index contributed by atoms with van der Waals surface area (Å²) in [5, 5.41) is 3.55. The van der Waals surface area contributed by atoms with Gasteiger partial charge >= 0.3 is 0 Å². The average molecular weight is 447 g/mol. The quantitative estimate of drug-likeness (QED) is 0.694. The summed E-state index contributed by atoms with van der Waals surface area (Å²) in [5.74, 6) is 1.33. The molecular weight excluding hydrogens is 416 g/mol. The molecule has 1 N–H and O–H groups in total. The van der Waals surface area contributed by atoms with Crippen molar-refractivity contribution < 1.29 is 19.1 Å². The first kappa shape index (κ1) is 21.6. The van der Waals surface area contributed by atoms with Gasteiger partial charge < -0.3 is 14.8 Å². The number of nitrogens with one attached hydrogen (secondary N) is 1. The van der Waals surface area contributed by atoms with E-state index in [1.165, 1.54) is 0 Å². The van der Waals surface area contributed by atoms with E-state index >= 15 is 0 Å². The van der Waals surface area contributed by atoms with Crippen LogP contribution in [0.25, 0.3) is 0 Å². The van der Waals surface area contributed by atoms with Gasteiger partial charge in [0, 0.05) is 23.6 Å². The first-order chi connectivity index (χ1) is 15.8. The molecule has 1 fully saturated rings. The number of rotatable bonds is 4. The number of para-hydroxylation sites is 2. The molecule has 2 aliphatic carbocycles. The summed E-state index contributed by atoms with van der Waals surface area (Å²) in [4.78, 5) is 29.3. The van der Waals surface area contributed by atoms with Crippen molar-refractivity contribution in [3.05, 3.63) is 59.3 Å². The largest absolute Gasteiger partial charge is 0.493 e. The number of allylic oxidation sites excluding steroid dienone is 1. The van der Waals surface area contributed by atoms with Crippen molar-refractivity contribution in [1.29, 1.82) is 0 Å². The smallest absolute Gasteiger partial charge is 0.231 e. The number of carbonyl (C=O) groups excluding carboxylic acids is 2. The summed E-state index contributed by atoms with van der Waals surface area (Å²) < 4.78 is 11.0. The van der Waals surface area contributed by atoms with Crippen LogP contribution in [0.4, 0.5) is 11.4 Å². The lowest BCUT2D eigenvalue weighted by molar-refractivity contribution is -0.120. The van der Waals surface area contributed by atoms with Gasteiger partial charge in [0.25, 0.3) is 0 Å². The normalized spacial score (nSPS) is 21.5. The van der Waals surface area contributed by atoms with Gasteiger partial charge in [0.2, 0.25) is 5.91 Å². The SMILES string of the molecule is COc1ccc([C@@H]2C3=C(CC(C)(C)CC3=O)Nc3ccccc3N2C(=O)C2CC2)cc1OC. The van der Waals surface area contributed by atoms with Gasteiger partial charge in [-0.25, -0.2) is 0 Å². The second kappa shape index (κ2) is 7.94. The third-order valence-electron chi connectivity index (χ3n) is 6.79. The van der Waals surface area contributed by atoms with Gasteiger partial charge in [-0.3, -0.25) is 14.5 Å². The van der Waals surface area contributed by atoms with Crippen molar-refractivity contribution in [2.75, 3.05) is 24.4 Å². The minimum absolute atomic E-state index is 0.00187. The number of methoxy groups -OCH3 is 2. The van der Waals surface area contributed by atoms with Gasteiger partial charge in [0.1, 0.15) is 0 Å². The van der Waals surface area contributed by atoms with Crippen LogP contribution >= 0.6 is 0 Å². The van der Waals surface area contributed by atoms with E-state index in [1.807, 2.05) is 47.4 Å². The highest BCUT2D eigenvalue weighted by molar-refractivity contribution is 6.07. The zero-order chi connectivity index (χ0) is 23.3. The highest BCUT2D eigenvalue weighted by atomic mass is 16.5. The number of hydrogen-bond donors (Lipinski definition) is 1. The van der Waals surface area contributed by atoms with E-state index in [0.29, 0.717) is 23.5 Å². The van der Waals surface area contributed by atoms with Crippen LogP contribution in [-0.4, -0.2) is 25.9 Å². The van der Waals surface area contributed by atoms with Gasteiger partial charge in [-0.15, -0.1) is 0 Å². The number of nitrogens with zero attached hydrogens (tertiary/aromatic N) is 1. The van der Waals surface area contributed by atoms with E-state index in [1.54, 1.807) is 14.2 Å². The standard InChI is InChI=1S/C27H30N2O4/c1-27(2)14-19-24(21(30)15-27)25(17-11-12-22(32-3)23(13-17)33-4)29(26(31)16-9-10-16)20-8-6-5-7-18(20)28-19/h5-8,11-13,16,25,28H,9-10,14-15H2,1-4H3/t25-/m1/s1. The molecule has 5 rings (SSSR count). The van der Waals surface area contributed by atoms with E-state index in [0.717, 1.165) is 41.9 Å². The number of fused-ring (bicyclic) bond motifs is 1. The highest BCUT2D eigenvalue weighted by Crippen LogP contribution is 2.50. The molecular formula is C27H30N2O4. The molecule has 1 saturated carbocycles. The number of amides is 1. The Kier molecular flexibility index (Phi) is 5.19. The lowest BCUT2D eigenvalue weighted by Gasteiger charge is -2.37. The van der Waals surface area contributed by atoms with Crippen molar-refractivity contribution in [3.63, 3.8) is 0 Å². The second-order valence-corrected chi connectivity index (χ2v) is 9.97. The fourth-order valence-corrected chi connectivity index (χ4v) is 5.10. The second-order valence-electron chi connectivity index (χ2n) is 9.97. The van der Waals surface area contributed by atoms with Crippen molar-refractivity contribution in [2.24, 2.45) is 11.3 Å². The number of ketones is 1. The zero-order valence-electron chi connectivity index (χ0n) is 19.6. The molecule has 6 nitrogen and oxygen atoms in total. The van der Waals surface area contributed by atoms with Crippen LogP contribution in [0.2, 0.25) is 0 Å². The monoisotopic (exact) mass is 446 g/mol. The number of carbonyl (C=O) groups is 2. The molecule has 6 heteroatoms. The summed E-state index contributed by atoms with van der Waals surface area (Å²) >= 11 is 0. The van der Waals surface area contributed by atoms with Crippen LogP contribution in [-0.2, 0) is 9.59 Å². The number of benzene rings is 2. The van der Waals surface area contributed by atoms with Crippen molar-refractivity contribution in [3.8, 4) is 11.5 Å². The Morgan fingerprint density at radius 1 is 1.03 bits per heavy atom. The summed E-state index contributed by atoms with van der Waals surface area (Å²) in [5.41, 5.74) is 3.90. The lowest BCUT2D eigenvalue weighted by atomic mass is 9.73. The minimum atomic E-state index is -0.535. The molecule has 1 atom stereocenters. The van der Waals surface area contributed by atoms with Gasteiger partial charge in [-0.2, -0.15) is 0 Å². The Balaban J connectivity index is 1.77. The summed E-state index contributed by atoms with van der Waals surface area (Å²) in [7, 11) is 3.19. The Bertz CT molecular complexity index is 1160. The van der Waals surface area contributed by atoms with E-state index in [-0.39, 0.29) is 23.0 Å². The molecule has 0 spiro atoms. The molecule has 33 heavy (non-hydrogen) atoms. The Labute approximate surface area is 194 Å². The van der Waals surface area contributed by atoms with E-state index in [2.05, 4.69) is 19.2 Å². The van der Waals surface area contributed by atoms with Crippen LogP contribution in [0.3, 0.4) is 0 Å². The topological polar surface area (TPSA) is 67.9 Å². The third kappa shape index (κ3) is 3.77. The minimum Gasteiger partial charge on any atom is -0.493 e. The predicted molar refractivity (Wildman–Crippen MR) is 128 cm³/mol. The van der Waals surface area contributed by atoms with Crippen LogP contribution in [0, 0.1) is 11.3 Å². The van der Waals surface area contributed by atoms with Crippen molar-refractivity contribution >= 4 is 23.1 Å². The molecule has 1 amide bonds. The van der Waals surface area contributed by atoms with E-state index in [9.17, 15) is 9.59 Å². The number of ether oxygens (including phenoxy) is 2. The Morgan fingerprint density at radius 2 is 1.76 bits per heavy atom. The molecule has 0 radical (unpaired) electrons. The fraction of sp³-hybridized carbons (Fsp3) is 0.407. The number of Topliss-reactive ketones (excluding diaryl/α,β-unsaturated/α-hetero) is 1. The van der Waals surface area contributed by atoms with Crippen LogP contribution in [0.5, 0.6) is 11.5 Å². The van der Waals surface area contributed by atoms with Crippen LogP contribution < -0.4 is 19.7 Å². The van der Waals surface area contributed by atoms with Gasteiger partial charge in [-0.1, -0.05) is 32.0 Å². The molecule has 0 unspecified atom stereocenters. The zero-order valence-corrected chi connectivity index (χ0v) is 19.6. The van der Waals surface area contributed by atoms with Crippen molar-refractivity contribution in [1.82, 2.24) is 0 Å². The Hall–Kier alpha value is -3.28. The molecule has 0 saturated heterocycles. The number of hydrogen-bond acceptors (Lipinski definition) is 5. The maximum absolute atomic E-state index is 13.8. The van der Waals surface area contributed by atoms with Crippen molar-refractivity contribution in [2.45, 2.75) is 45.6 Å². The molecule has 0 bridgehead atoms. The molecule has 1 heterocycles. The van der Waals surface area contributed by atoms with Crippen LogP contribution in [0.1, 0.15) is 51.1 Å². The maximum atomic E-state index is 13.8. The number of anilines is 2. The molecule has 1 aliphatic heterocycles. The third-order valence-corrected chi connectivity index (χ3v) is 6.79. The summed E-state index contributed by atoms with van der Waals surface area (Å²) in [6.45, 7) is 4.23. The molecule has 3 aliphatic rings.